The average Bonchev–Trinajstić information content (AvgIpc) is 2.80. The van der Waals surface area contributed by atoms with Crippen LogP contribution in [0.2, 0.25) is 0 Å². The molecule has 2 aromatic rings. The summed E-state index contributed by atoms with van der Waals surface area (Å²) in [5, 5.41) is 0. The highest BCUT2D eigenvalue weighted by Gasteiger charge is 2.43. The Morgan fingerprint density at radius 3 is 2.23 bits per heavy atom. The van der Waals surface area contributed by atoms with Gasteiger partial charge in [0.15, 0.2) is 0 Å². The van der Waals surface area contributed by atoms with Crippen LogP contribution in [0.5, 0.6) is 5.75 Å². The first-order valence-corrected chi connectivity index (χ1v) is 11.0. The van der Waals surface area contributed by atoms with Crippen LogP contribution in [0.1, 0.15) is 30.0 Å². The van der Waals surface area contributed by atoms with Crippen molar-refractivity contribution in [3.8, 4) is 5.75 Å². The second-order valence-corrected chi connectivity index (χ2v) is 8.59. The molecule has 4 rings (SSSR count). The molecule has 2 saturated heterocycles. The minimum absolute atomic E-state index is 0.0621. The number of rotatable bonds is 4. The number of nitrogens with zero attached hydrogens (tertiary/aromatic N) is 3. The first-order chi connectivity index (χ1) is 15.0. The van der Waals surface area contributed by atoms with Gasteiger partial charge in [-0.15, -0.1) is 0 Å². The summed E-state index contributed by atoms with van der Waals surface area (Å²) in [4.78, 5) is 32.8. The van der Waals surface area contributed by atoms with Gasteiger partial charge in [0, 0.05) is 38.3 Å². The zero-order valence-corrected chi connectivity index (χ0v) is 18.6. The molecular formula is C25H31N3O3. The second-order valence-electron chi connectivity index (χ2n) is 8.59. The first-order valence-electron chi connectivity index (χ1n) is 11.0. The number of aryl methyl sites for hydroxylation is 1. The summed E-state index contributed by atoms with van der Waals surface area (Å²) >= 11 is 0. The SMILES string of the molecule is COc1ccc(C2C(C(=O)N3CCN(C)CC3)CCC(=O)N2c2ccc(C)cc2)cc1. The Labute approximate surface area is 184 Å². The van der Waals surface area contributed by atoms with Crippen LogP contribution in [0.25, 0.3) is 0 Å². The molecule has 0 saturated carbocycles. The molecule has 2 heterocycles. The van der Waals surface area contributed by atoms with Crippen molar-refractivity contribution in [2.24, 2.45) is 5.92 Å². The highest BCUT2D eigenvalue weighted by Crippen LogP contribution is 2.41. The number of methoxy groups -OCH3 is 1. The van der Waals surface area contributed by atoms with Crippen molar-refractivity contribution in [3.63, 3.8) is 0 Å². The Hall–Kier alpha value is -2.86. The normalized spacial score (nSPS) is 22.5. The molecule has 2 amide bonds. The van der Waals surface area contributed by atoms with Gasteiger partial charge in [0.05, 0.1) is 19.1 Å². The summed E-state index contributed by atoms with van der Waals surface area (Å²) in [6, 6.07) is 15.4. The maximum atomic E-state index is 13.6. The standard InChI is InChI=1S/C25H31N3O3/c1-18-4-8-20(9-5-18)28-23(29)13-12-22(25(30)27-16-14-26(2)15-17-27)24(28)19-6-10-21(31-3)11-7-19/h4-11,22,24H,12-17H2,1-3H3. The van der Waals surface area contributed by atoms with E-state index in [0.717, 1.165) is 48.7 Å². The molecule has 2 atom stereocenters. The molecule has 6 heteroatoms. The molecule has 2 aliphatic heterocycles. The number of carbonyl (C=O) groups excluding carboxylic acids is 2. The number of ether oxygens (including phenoxy) is 1. The van der Waals surface area contributed by atoms with E-state index >= 15 is 0 Å². The van der Waals surface area contributed by atoms with Crippen LogP contribution in [0.3, 0.4) is 0 Å². The van der Waals surface area contributed by atoms with E-state index in [1.807, 2.05) is 65.3 Å². The summed E-state index contributed by atoms with van der Waals surface area (Å²) in [6.45, 7) is 5.26. The van der Waals surface area contributed by atoms with Crippen molar-refractivity contribution < 1.29 is 14.3 Å². The molecule has 0 bridgehead atoms. The minimum Gasteiger partial charge on any atom is -0.497 e. The lowest BCUT2D eigenvalue weighted by molar-refractivity contribution is -0.139. The maximum Gasteiger partial charge on any atom is 0.228 e. The van der Waals surface area contributed by atoms with Gasteiger partial charge in [-0.25, -0.2) is 0 Å². The van der Waals surface area contributed by atoms with Crippen molar-refractivity contribution in [3.05, 3.63) is 59.7 Å². The topological polar surface area (TPSA) is 53.1 Å². The molecular weight excluding hydrogens is 390 g/mol. The minimum atomic E-state index is -0.331. The Bertz CT molecular complexity index is 918. The molecule has 0 radical (unpaired) electrons. The van der Waals surface area contributed by atoms with Crippen LogP contribution in [-0.4, -0.2) is 62.0 Å². The fraction of sp³-hybridized carbons (Fsp3) is 0.440. The Morgan fingerprint density at radius 1 is 0.968 bits per heavy atom. The Morgan fingerprint density at radius 2 is 1.61 bits per heavy atom. The second kappa shape index (κ2) is 9.10. The quantitative estimate of drug-likeness (QED) is 0.761. The molecule has 31 heavy (non-hydrogen) atoms. The number of piperazine rings is 1. The van der Waals surface area contributed by atoms with Crippen molar-refractivity contribution in [2.75, 3.05) is 45.2 Å². The lowest BCUT2D eigenvalue weighted by Gasteiger charge is -2.43. The summed E-state index contributed by atoms with van der Waals surface area (Å²) < 4.78 is 5.32. The van der Waals surface area contributed by atoms with Gasteiger partial charge in [0.25, 0.3) is 0 Å². The van der Waals surface area contributed by atoms with E-state index in [-0.39, 0.29) is 23.8 Å². The highest BCUT2D eigenvalue weighted by molar-refractivity contribution is 5.97. The number of hydrogen-bond donors (Lipinski definition) is 0. The monoisotopic (exact) mass is 421 g/mol. The van der Waals surface area contributed by atoms with Crippen LogP contribution < -0.4 is 9.64 Å². The summed E-state index contributed by atoms with van der Waals surface area (Å²) in [5.74, 6) is 0.705. The Balaban J connectivity index is 1.72. The summed E-state index contributed by atoms with van der Waals surface area (Å²) in [7, 11) is 3.72. The van der Waals surface area contributed by atoms with E-state index < -0.39 is 0 Å². The molecule has 164 valence electrons. The van der Waals surface area contributed by atoms with E-state index in [1.54, 1.807) is 7.11 Å². The van der Waals surface area contributed by atoms with Crippen LogP contribution in [-0.2, 0) is 9.59 Å². The maximum absolute atomic E-state index is 13.6. The van der Waals surface area contributed by atoms with E-state index in [2.05, 4.69) is 11.9 Å². The summed E-state index contributed by atoms with van der Waals surface area (Å²) in [6.07, 6.45) is 0.952. The van der Waals surface area contributed by atoms with Gasteiger partial charge in [-0.2, -0.15) is 0 Å². The number of carbonyl (C=O) groups is 2. The fourth-order valence-corrected chi connectivity index (χ4v) is 4.60. The molecule has 2 aromatic carbocycles. The van der Waals surface area contributed by atoms with Crippen LogP contribution in [0.4, 0.5) is 5.69 Å². The number of likely N-dealkylation sites (N-methyl/N-ethyl adjacent to an activating group) is 1. The first kappa shape index (κ1) is 21.4. The third kappa shape index (κ3) is 4.44. The van der Waals surface area contributed by atoms with Crippen LogP contribution in [0.15, 0.2) is 48.5 Å². The molecule has 2 aliphatic rings. The average molecular weight is 422 g/mol. The largest absolute Gasteiger partial charge is 0.497 e. The summed E-state index contributed by atoms with van der Waals surface area (Å²) in [5.41, 5.74) is 2.94. The smallest absolute Gasteiger partial charge is 0.228 e. The number of benzene rings is 2. The lowest BCUT2D eigenvalue weighted by Crippen LogP contribution is -2.53. The number of amides is 2. The van der Waals surface area contributed by atoms with Gasteiger partial charge >= 0.3 is 0 Å². The highest BCUT2D eigenvalue weighted by atomic mass is 16.5. The van der Waals surface area contributed by atoms with Crippen LogP contribution in [0, 0.1) is 12.8 Å². The Kier molecular flexibility index (Phi) is 6.28. The van der Waals surface area contributed by atoms with Gasteiger partial charge in [0.1, 0.15) is 5.75 Å². The van der Waals surface area contributed by atoms with Gasteiger partial charge in [-0.05, 0) is 50.2 Å². The van der Waals surface area contributed by atoms with E-state index in [0.29, 0.717) is 12.8 Å². The van der Waals surface area contributed by atoms with Crippen molar-refractivity contribution in [1.29, 1.82) is 0 Å². The third-order valence-corrected chi connectivity index (χ3v) is 6.50. The molecule has 2 fully saturated rings. The fourth-order valence-electron chi connectivity index (χ4n) is 4.60. The predicted molar refractivity (Wildman–Crippen MR) is 121 cm³/mol. The number of piperidine rings is 1. The van der Waals surface area contributed by atoms with Gasteiger partial charge in [0.2, 0.25) is 11.8 Å². The molecule has 0 aromatic heterocycles. The molecule has 2 unspecified atom stereocenters. The number of anilines is 1. The zero-order valence-electron chi connectivity index (χ0n) is 18.6. The lowest BCUT2D eigenvalue weighted by atomic mass is 9.82. The molecule has 0 spiro atoms. The predicted octanol–water partition coefficient (Wildman–Crippen LogP) is 3.26. The van der Waals surface area contributed by atoms with Crippen molar-refractivity contribution in [2.45, 2.75) is 25.8 Å². The molecule has 6 nitrogen and oxygen atoms in total. The molecule has 0 N–H and O–H groups in total. The van der Waals surface area contributed by atoms with E-state index in [4.69, 9.17) is 4.74 Å². The molecule has 0 aliphatic carbocycles. The van der Waals surface area contributed by atoms with Gasteiger partial charge in [-0.3, -0.25) is 9.59 Å². The van der Waals surface area contributed by atoms with E-state index in [1.165, 1.54) is 0 Å². The van der Waals surface area contributed by atoms with Crippen molar-refractivity contribution >= 4 is 17.5 Å². The number of hydrogen-bond acceptors (Lipinski definition) is 4. The van der Waals surface area contributed by atoms with Crippen LogP contribution >= 0.6 is 0 Å². The zero-order chi connectivity index (χ0) is 22.0. The van der Waals surface area contributed by atoms with E-state index in [9.17, 15) is 9.59 Å². The third-order valence-electron chi connectivity index (χ3n) is 6.50. The van der Waals surface area contributed by atoms with Crippen molar-refractivity contribution in [1.82, 2.24) is 9.80 Å². The van der Waals surface area contributed by atoms with Gasteiger partial charge < -0.3 is 19.4 Å². The van der Waals surface area contributed by atoms with Gasteiger partial charge in [-0.1, -0.05) is 29.8 Å².